The van der Waals surface area contributed by atoms with Crippen LogP contribution < -0.4 is 0 Å². The molecule has 0 radical (unpaired) electrons. The molecular weight excluding hydrogens is 629 g/mol. The first kappa shape index (κ1) is 48.9. The number of ether oxygens (including phenoxy) is 1. The van der Waals surface area contributed by atoms with E-state index in [1.165, 1.54) is 103 Å². The summed E-state index contributed by atoms with van der Waals surface area (Å²) in [7, 11) is 0. The Labute approximate surface area is 317 Å². The smallest absolute Gasteiger partial charge is 0.306 e. The average Bonchev–Trinajstić information content (AvgIpc) is 3.12. The second-order valence-electron chi connectivity index (χ2n) is 14.9. The normalized spacial score (nSPS) is 12.7. The third-order valence-electron chi connectivity index (χ3n) is 9.82. The molecule has 0 aromatic carbocycles. The first-order valence-electron chi connectivity index (χ1n) is 22.1. The van der Waals surface area contributed by atoms with Crippen molar-refractivity contribution < 1.29 is 19.4 Å². The Bertz CT molecular complexity index is 854. The molecule has 0 rings (SSSR count). The van der Waals surface area contributed by atoms with E-state index in [-0.39, 0.29) is 18.5 Å². The van der Waals surface area contributed by atoms with E-state index in [9.17, 15) is 9.59 Å². The van der Waals surface area contributed by atoms with E-state index < -0.39 is 5.97 Å². The number of allylic oxidation sites excluding steroid dienone is 8. The Morgan fingerprint density at radius 3 is 1.27 bits per heavy atom. The van der Waals surface area contributed by atoms with Gasteiger partial charge in [-0.15, -0.1) is 0 Å². The molecule has 0 saturated heterocycles. The molecule has 0 heterocycles. The molecule has 0 aliphatic carbocycles. The fourth-order valence-corrected chi connectivity index (χ4v) is 6.59. The minimum atomic E-state index is -0.702. The predicted molar refractivity (Wildman–Crippen MR) is 222 cm³/mol. The van der Waals surface area contributed by atoms with Crippen LogP contribution in [-0.2, 0) is 14.3 Å². The summed E-state index contributed by atoms with van der Waals surface area (Å²) in [5, 5.41) is 8.85. The van der Waals surface area contributed by atoms with Gasteiger partial charge in [0, 0.05) is 12.8 Å². The maximum absolute atomic E-state index is 12.7. The van der Waals surface area contributed by atoms with E-state index in [4.69, 9.17) is 9.84 Å². The summed E-state index contributed by atoms with van der Waals surface area (Å²) >= 11 is 0. The summed E-state index contributed by atoms with van der Waals surface area (Å²) in [4.78, 5) is 23.5. The Balaban J connectivity index is 4.06. The van der Waals surface area contributed by atoms with Gasteiger partial charge in [0.25, 0.3) is 0 Å². The topological polar surface area (TPSA) is 63.6 Å². The van der Waals surface area contributed by atoms with Crippen molar-refractivity contribution >= 4 is 11.9 Å². The van der Waals surface area contributed by atoms with Gasteiger partial charge in [-0.2, -0.15) is 0 Å². The van der Waals surface area contributed by atoms with Gasteiger partial charge in [0.05, 0.1) is 0 Å². The van der Waals surface area contributed by atoms with Crippen molar-refractivity contribution in [1.82, 2.24) is 0 Å². The van der Waals surface area contributed by atoms with Crippen molar-refractivity contribution in [3.05, 3.63) is 48.6 Å². The zero-order valence-electron chi connectivity index (χ0n) is 33.9. The molecule has 51 heavy (non-hydrogen) atoms. The van der Waals surface area contributed by atoms with Gasteiger partial charge >= 0.3 is 11.9 Å². The van der Waals surface area contributed by atoms with Crippen LogP contribution in [-0.4, -0.2) is 23.1 Å². The van der Waals surface area contributed by atoms with Gasteiger partial charge in [-0.05, 0) is 77.0 Å². The number of carbonyl (C=O) groups is 2. The minimum Gasteiger partial charge on any atom is -0.481 e. The van der Waals surface area contributed by atoms with Crippen LogP contribution in [0.1, 0.15) is 232 Å². The van der Waals surface area contributed by atoms with E-state index in [1.807, 2.05) is 0 Å². The molecule has 4 nitrogen and oxygen atoms in total. The zero-order valence-corrected chi connectivity index (χ0v) is 33.9. The Hall–Kier alpha value is -2.10. The Morgan fingerprint density at radius 1 is 0.451 bits per heavy atom. The van der Waals surface area contributed by atoms with Gasteiger partial charge in [-0.1, -0.05) is 191 Å². The van der Waals surface area contributed by atoms with Gasteiger partial charge in [-0.25, -0.2) is 0 Å². The Kier molecular flexibility index (Phi) is 40.6. The molecule has 0 spiro atoms. The molecule has 0 bridgehead atoms. The first-order chi connectivity index (χ1) is 25.1. The van der Waals surface area contributed by atoms with Gasteiger partial charge in [-0.3, -0.25) is 9.59 Å². The largest absolute Gasteiger partial charge is 0.481 e. The molecule has 0 fully saturated rings. The number of carboxylic acids is 1. The number of carboxylic acid groups (broad SMARTS) is 1. The molecule has 0 saturated carbocycles. The molecule has 0 aliphatic rings. The quantitative estimate of drug-likeness (QED) is 0.0390. The lowest BCUT2D eigenvalue weighted by atomic mass is 10.0. The molecule has 0 amide bonds. The van der Waals surface area contributed by atoms with Crippen molar-refractivity contribution in [2.24, 2.45) is 0 Å². The van der Waals surface area contributed by atoms with Gasteiger partial charge in [0.2, 0.25) is 0 Å². The van der Waals surface area contributed by atoms with Crippen molar-refractivity contribution in [3.63, 3.8) is 0 Å². The summed E-state index contributed by atoms with van der Waals surface area (Å²) < 4.78 is 6.02. The number of carbonyl (C=O) groups excluding carboxylic acids is 1. The lowest BCUT2D eigenvalue weighted by molar-refractivity contribution is -0.150. The lowest BCUT2D eigenvalue weighted by Gasteiger charge is -2.18. The molecule has 1 atom stereocenters. The van der Waals surface area contributed by atoms with E-state index in [1.54, 1.807) is 0 Å². The maximum atomic E-state index is 12.7. The lowest BCUT2D eigenvalue weighted by Crippen LogP contribution is -2.18. The van der Waals surface area contributed by atoms with Crippen LogP contribution in [0.3, 0.4) is 0 Å². The SMILES string of the molecule is CC/C=C\C/C=C\C/C=C\C/C=C\CCCCCCC(=O)OC(CCCCCCCCCCCCCCCCCC)CCCCCCCC(=O)O. The van der Waals surface area contributed by atoms with Gasteiger partial charge < -0.3 is 9.84 Å². The van der Waals surface area contributed by atoms with Crippen LogP contribution in [0, 0.1) is 0 Å². The fraction of sp³-hybridized carbons (Fsp3) is 0.787. The third-order valence-corrected chi connectivity index (χ3v) is 9.82. The second-order valence-corrected chi connectivity index (χ2v) is 14.9. The second kappa shape index (κ2) is 42.3. The average molecular weight is 713 g/mol. The molecule has 296 valence electrons. The molecule has 0 aromatic rings. The first-order valence-corrected chi connectivity index (χ1v) is 22.1. The van der Waals surface area contributed by atoms with E-state index in [0.717, 1.165) is 103 Å². The van der Waals surface area contributed by atoms with Crippen molar-refractivity contribution in [2.75, 3.05) is 0 Å². The number of unbranched alkanes of at least 4 members (excludes halogenated alkanes) is 23. The minimum absolute atomic E-state index is 0.0168. The summed E-state index contributed by atoms with van der Waals surface area (Å²) in [6, 6.07) is 0. The van der Waals surface area contributed by atoms with Gasteiger partial charge in [0.1, 0.15) is 6.10 Å². The highest BCUT2D eigenvalue weighted by Crippen LogP contribution is 2.19. The third kappa shape index (κ3) is 42.2. The van der Waals surface area contributed by atoms with Crippen molar-refractivity contribution in [1.29, 1.82) is 0 Å². The number of rotatable bonds is 40. The fourth-order valence-electron chi connectivity index (χ4n) is 6.59. The monoisotopic (exact) mass is 713 g/mol. The summed E-state index contributed by atoms with van der Waals surface area (Å²) in [5.74, 6) is -0.719. The molecule has 1 N–H and O–H groups in total. The number of esters is 1. The Morgan fingerprint density at radius 2 is 0.824 bits per heavy atom. The predicted octanol–water partition coefficient (Wildman–Crippen LogP) is 15.5. The van der Waals surface area contributed by atoms with Crippen LogP contribution in [0.2, 0.25) is 0 Å². The maximum Gasteiger partial charge on any atom is 0.306 e. The van der Waals surface area contributed by atoms with Gasteiger partial charge in [0.15, 0.2) is 0 Å². The summed E-state index contributed by atoms with van der Waals surface area (Å²) in [5.41, 5.74) is 0. The highest BCUT2D eigenvalue weighted by Gasteiger charge is 2.14. The molecule has 1 unspecified atom stereocenters. The van der Waals surface area contributed by atoms with Crippen LogP contribution >= 0.6 is 0 Å². The van der Waals surface area contributed by atoms with E-state index >= 15 is 0 Å². The van der Waals surface area contributed by atoms with Crippen LogP contribution in [0.15, 0.2) is 48.6 Å². The van der Waals surface area contributed by atoms with E-state index in [0.29, 0.717) is 6.42 Å². The molecule has 0 aliphatic heterocycles. The standard InChI is InChI=1S/C47H84O4/c1-3-5-7-9-11-13-15-17-19-21-23-25-27-29-31-36-40-44-47(50)51-45(42-38-34-32-35-39-43-46(48)49)41-37-33-30-28-26-24-22-20-18-16-14-12-10-8-6-4-2/h5,7,11,13,17,19,23,25,45H,3-4,6,8-10,12,14-16,18,20-22,24,26-44H2,1-2H3,(H,48,49)/b7-5-,13-11-,19-17-,25-23-. The van der Waals surface area contributed by atoms with E-state index in [2.05, 4.69) is 62.5 Å². The molecule has 4 heteroatoms. The molecular formula is C47H84O4. The highest BCUT2D eigenvalue weighted by atomic mass is 16.5. The van der Waals surface area contributed by atoms with Crippen molar-refractivity contribution in [2.45, 2.75) is 238 Å². The van der Waals surface area contributed by atoms with Crippen LogP contribution in [0.4, 0.5) is 0 Å². The summed E-state index contributed by atoms with van der Waals surface area (Å²) in [6.45, 7) is 4.45. The van der Waals surface area contributed by atoms with Crippen LogP contribution in [0.5, 0.6) is 0 Å². The van der Waals surface area contributed by atoms with Crippen molar-refractivity contribution in [3.8, 4) is 0 Å². The van der Waals surface area contributed by atoms with Crippen LogP contribution in [0.25, 0.3) is 0 Å². The number of aliphatic carboxylic acids is 1. The number of hydrogen-bond donors (Lipinski definition) is 1. The highest BCUT2D eigenvalue weighted by molar-refractivity contribution is 5.69. The molecule has 0 aromatic heterocycles. The zero-order chi connectivity index (χ0) is 37.1. The number of hydrogen-bond acceptors (Lipinski definition) is 3. The summed E-state index contributed by atoms with van der Waals surface area (Å²) in [6.07, 6.45) is 57.1.